The lowest BCUT2D eigenvalue weighted by molar-refractivity contribution is -0.141. The molecule has 1 N–H and O–H groups in total. The minimum absolute atomic E-state index is 0.139. The molecule has 0 aliphatic heterocycles. The van der Waals surface area contributed by atoms with Crippen molar-refractivity contribution < 1.29 is 9.63 Å². The van der Waals surface area contributed by atoms with E-state index in [4.69, 9.17) is 4.84 Å². The SMILES string of the molecule is CC(C(=O)NOC1CCCC1)n1cnc2ccccc21. The summed E-state index contributed by atoms with van der Waals surface area (Å²) in [5.41, 5.74) is 4.44. The van der Waals surface area contributed by atoms with E-state index in [2.05, 4.69) is 10.5 Å². The first-order chi connectivity index (χ1) is 9.75. The Morgan fingerprint density at radius 2 is 2.15 bits per heavy atom. The highest BCUT2D eigenvalue weighted by atomic mass is 16.7. The Kier molecular flexibility index (Phi) is 3.69. The molecule has 2 aromatic rings. The molecule has 1 fully saturated rings. The zero-order chi connectivity index (χ0) is 13.9. The number of hydroxylamine groups is 1. The van der Waals surface area contributed by atoms with Crippen LogP contribution in [0.5, 0.6) is 0 Å². The number of aromatic nitrogens is 2. The number of benzene rings is 1. The number of hydrogen-bond acceptors (Lipinski definition) is 3. The molecule has 3 rings (SSSR count). The van der Waals surface area contributed by atoms with Gasteiger partial charge in [0.1, 0.15) is 6.04 Å². The van der Waals surface area contributed by atoms with Gasteiger partial charge in [-0.05, 0) is 31.9 Å². The molecule has 1 atom stereocenters. The van der Waals surface area contributed by atoms with Crippen molar-refractivity contribution >= 4 is 16.9 Å². The Balaban J connectivity index is 1.68. The quantitative estimate of drug-likeness (QED) is 0.871. The van der Waals surface area contributed by atoms with Gasteiger partial charge < -0.3 is 4.57 Å². The second-order valence-corrected chi connectivity index (χ2v) is 5.31. The van der Waals surface area contributed by atoms with Crippen molar-refractivity contribution in [3.8, 4) is 0 Å². The van der Waals surface area contributed by atoms with Crippen molar-refractivity contribution in [1.82, 2.24) is 15.0 Å². The largest absolute Gasteiger partial charge is 0.318 e. The molecular weight excluding hydrogens is 254 g/mol. The number of nitrogens with one attached hydrogen (secondary N) is 1. The van der Waals surface area contributed by atoms with Gasteiger partial charge in [-0.3, -0.25) is 9.63 Å². The fourth-order valence-corrected chi connectivity index (χ4v) is 2.65. The number of amides is 1. The van der Waals surface area contributed by atoms with Crippen LogP contribution >= 0.6 is 0 Å². The smallest absolute Gasteiger partial charge is 0.266 e. The molecule has 1 aromatic carbocycles. The van der Waals surface area contributed by atoms with Crippen molar-refractivity contribution in [3.63, 3.8) is 0 Å². The first-order valence-corrected chi connectivity index (χ1v) is 7.13. The van der Waals surface area contributed by atoms with Crippen molar-refractivity contribution in [3.05, 3.63) is 30.6 Å². The van der Waals surface area contributed by atoms with Crippen LogP contribution in [0.3, 0.4) is 0 Å². The Bertz CT molecular complexity index is 602. The number of fused-ring (bicyclic) bond motifs is 1. The van der Waals surface area contributed by atoms with Crippen LogP contribution in [0.25, 0.3) is 11.0 Å². The summed E-state index contributed by atoms with van der Waals surface area (Å²) in [6, 6.07) is 7.44. The predicted molar refractivity (Wildman–Crippen MR) is 75.9 cm³/mol. The summed E-state index contributed by atoms with van der Waals surface area (Å²) in [6.07, 6.45) is 6.30. The van der Waals surface area contributed by atoms with Gasteiger partial charge in [-0.1, -0.05) is 25.0 Å². The highest BCUT2D eigenvalue weighted by Crippen LogP contribution is 2.21. The number of imidazole rings is 1. The van der Waals surface area contributed by atoms with Crippen LogP contribution in [-0.2, 0) is 9.63 Å². The minimum Gasteiger partial charge on any atom is -0.318 e. The normalized spacial score (nSPS) is 17.4. The van der Waals surface area contributed by atoms with Gasteiger partial charge in [0, 0.05) is 0 Å². The molecule has 1 aromatic heterocycles. The van der Waals surface area contributed by atoms with Gasteiger partial charge in [-0.2, -0.15) is 0 Å². The van der Waals surface area contributed by atoms with Crippen LogP contribution in [0, 0.1) is 0 Å². The Labute approximate surface area is 117 Å². The second kappa shape index (κ2) is 5.63. The summed E-state index contributed by atoms with van der Waals surface area (Å²) in [5, 5.41) is 0. The van der Waals surface area contributed by atoms with Crippen molar-refractivity contribution in [1.29, 1.82) is 0 Å². The monoisotopic (exact) mass is 273 g/mol. The molecule has 1 amide bonds. The molecule has 0 spiro atoms. The molecule has 0 radical (unpaired) electrons. The summed E-state index contributed by atoms with van der Waals surface area (Å²) in [7, 11) is 0. The summed E-state index contributed by atoms with van der Waals surface area (Å²) in [6.45, 7) is 1.85. The molecule has 1 saturated carbocycles. The van der Waals surface area contributed by atoms with E-state index in [1.807, 2.05) is 35.8 Å². The van der Waals surface area contributed by atoms with Gasteiger partial charge in [-0.15, -0.1) is 0 Å². The first kappa shape index (κ1) is 13.1. The standard InChI is InChI=1S/C15H19N3O2/c1-11(15(19)17-20-12-6-2-3-7-12)18-10-16-13-8-4-5-9-14(13)18/h4-5,8-12H,2-3,6-7H2,1H3,(H,17,19). The highest BCUT2D eigenvalue weighted by molar-refractivity contribution is 5.82. The van der Waals surface area contributed by atoms with Crippen LogP contribution in [-0.4, -0.2) is 21.6 Å². The average molecular weight is 273 g/mol. The van der Waals surface area contributed by atoms with Gasteiger partial charge in [0.05, 0.1) is 23.5 Å². The van der Waals surface area contributed by atoms with E-state index in [0.29, 0.717) is 0 Å². The van der Waals surface area contributed by atoms with Crippen LogP contribution in [0.4, 0.5) is 0 Å². The molecule has 5 nitrogen and oxygen atoms in total. The van der Waals surface area contributed by atoms with Crippen LogP contribution in [0.2, 0.25) is 0 Å². The van der Waals surface area contributed by atoms with E-state index in [-0.39, 0.29) is 18.1 Å². The summed E-state index contributed by atoms with van der Waals surface area (Å²) < 4.78 is 1.86. The third-order valence-corrected chi connectivity index (χ3v) is 3.91. The minimum atomic E-state index is -0.344. The van der Waals surface area contributed by atoms with E-state index >= 15 is 0 Å². The molecule has 20 heavy (non-hydrogen) atoms. The molecule has 0 bridgehead atoms. The number of hydrogen-bond donors (Lipinski definition) is 1. The number of para-hydroxylation sites is 2. The zero-order valence-electron chi connectivity index (χ0n) is 11.6. The summed E-state index contributed by atoms with van der Waals surface area (Å²) in [4.78, 5) is 21.9. The van der Waals surface area contributed by atoms with Crippen molar-refractivity contribution in [2.45, 2.75) is 44.8 Å². The van der Waals surface area contributed by atoms with Gasteiger partial charge >= 0.3 is 0 Å². The lowest BCUT2D eigenvalue weighted by Crippen LogP contribution is -2.33. The Morgan fingerprint density at radius 3 is 2.95 bits per heavy atom. The number of nitrogens with zero attached hydrogens (tertiary/aromatic N) is 2. The van der Waals surface area contributed by atoms with Crippen molar-refractivity contribution in [2.24, 2.45) is 0 Å². The van der Waals surface area contributed by atoms with E-state index < -0.39 is 0 Å². The molecule has 1 heterocycles. The average Bonchev–Trinajstić information content (AvgIpc) is 3.13. The number of carbonyl (C=O) groups excluding carboxylic acids is 1. The molecule has 1 unspecified atom stereocenters. The number of carbonyl (C=O) groups is 1. The Hall–Kier alpha value is -1.88. The lowest BCUT2D eigenvalue weighted by atomic mass is 10.2. The fourth-order valence-electron chi connectivity index (χ4n) is 2.65. The van der Waals surface area contributed by atoms with Gasteiger partial charge in [-0.25, -0.2) is 10.5 Å². The third kappa shape index (κ3) is 2.54. The summed E-state index contributed by atoms with van der Waals surface area (Å²) in [5.74, 6) is -0.139. The van der Waals surface area contributed by atoms with Gasteiger partial charge in [0.2, 0.25) is 0 Å². The first-order valence-electron chi connectivity index (χ1n) is 7.13. The van der Waals surface area contributed by atoms with Gasteiger partial charge in [0.15, 0.2) is 0 Å². The van der Waals surface area contributed by atoms with Crippen LogP contribution < -0.4 is 5.48 Å². The lowest BCUT2D eigenvalue weighted by Gasteiger charge is -2.16. The third-order valence-electron chi connectivity index (χ3n) is 3.91. The predicted octanol–water partition coefficient (Wildman–Crippen LogP) is 2.59. The topological polar surface area (TPSA) is 56.1 Å². The maximum absolute atomic E-state index is 12.2. The molecule has 106 valence electrons. The van der Waals surface area contributed by atoms with E-state index in [0.717, 1.165) is 23.9 Å². The number of rotatable bonds is 4. The van der Waals surface area contributed by atoms with Crippen molar-refractivity contribution in [2.75, 3.05) is 0 Å². The molecule has 1 aliphatic carbocycles. The van der Waals surface area contributed by atoms with Crippen LogP contribution in [0.15, 0.2) is 30.6 Å². The zero-order valence-corrected chi connectivity index (χ0v) is 11.6. The highest BCUT2D eigenvalue weighted by Gasteiger charge is 2.20. The summed E-state index contributed by atoms with van der Waals surface area (Å²) >= 11 is 0. The fraction of sp³-hybridized carbons (Fsp3) is 0.467. The maximum atomic E-state index is 12.2. The molecular formula is C15H19N3O2. The second-order valence-electron chi connectivity index (χ2n) is 5.31. The van der Waals surface area contributed by atoms with E-state index in [1.165, 1.54) is 12.8 Å². The maximum Gasteiger partial charge on any atom is 0.266 e. The molecule has 5 heteroatoms. The molecule has 1 aliphatic rings. The van der Waals surface area contributed by atoms with Gasteiger partial charge in [0.25, 0.3) is 5.91 Å². The van der Waals surface area contributed by atoms with E-state index in [1.54, 1.807) is 6.33 Å². The Morgan fingerprint density at radius 1 is 1.40 bits per heavy atom. The van der Waals surface area contributed by atoms with Crippen LogP contribution in [0.1, 0.15) is 38.6 Å². The molecule has 0 saturated heterocycles. The van der Waals surface area contributed by atoms with E-state index in [9.17, 15) is 4.79 Å².